The lowest BCUT2D eigenvalue weighted by Crippen LogP contribution is -2.38. The van der Waals surface area contributed by atoms with Gasteiger partial charge in [-0.15, -0.1) is 0 Å². The zero-order valence-electron chi connectivity index (χ0n) is 31.4. The van der Waals surface area contributed by atoms with Crippen LogP contribution in [0, 0.1) is 11.3 Å². The average Bonchev–Trinajstić information content (AvgIpc) is 4.01. The monoisotopic (exact) mass is 728 g/mol. The molecule has 0 spiro atoms. The Morgan fingerprint density at radius 1 is 0.788 bits per heavy atom. The van der Waals surface area contributed by atoms with Gasteiger partial charge in [-0.1, -0.05) is 36.0 Å². The van der Waals surface area contributed by atoms with Crippen LogP contribution in [0.4, 0.5) is 0 Å². The van der Waals surface area contributed by atoms with Crippen molar-refractivity contribution in [2.45, 2.75) is 86.7 Å². The fourth-order valence-electron chi connectivity index (χ4n) is 8.29. The van der Waals surface area contributed by atoms with Gasteiger partial charge in [0.1, 0.15) is 11.5 Å². The molecule has 5 heterocycles. The predicted molar refractivity (Wildman–Crippen MR) is 210 cm³/mol. The Balaban J connectivity index is 0.000000183. The molecule has 0 aliphatic carbocycles. The summed E-state index contributed by atoms with van der Waals surface area (Å²) in [5.74, 6) is 1.89. The van der Waals surface area contributed by atoms with E-state index in [9.17, 15) is 5.26 Å². The van der Waals surface area contributed by atoms with E-state index < -0.39 is 0 Å². The van der Waals surface area contributed by atoms with E-state index in [1.165, 1.54) is 57.4 Å². The standard InChI is InChI=1S/C23H33N3O2S.C19H27N3O/c1-29-22-24-11-15-26(22)19-23(9-17-27-18-10-23)20-5-7-21(8-6-20)28-16-4-14-25-12-2-3-13-25;20-16-19(8-10-21-11-9-19)17-4-6-18(7-5-17)23-15-3-14-22-12-1-2-13-22/h5-8,11,15H,2-4,9-10,12-14,16-19H2,1H3;4-7,21H,1-3,8-15H2. The van der Waals surface area contributed by atoms with Gasteiger partial charge in [0.15, 0.2) is 5.16 Å². The third-order valence-corrected chi connectivity index (χ3v) is 12.2. The van der Waals surface area contributed by atoms with Crippen molar-refractivity contribution < 1.29 is 14.2 Å². The van der Waals surface area contributed by atoms with Gasteiger partial charge in [0.2, 0.25) is 0 Å². The van der Waals surface area contributed by atoms with Crippen LogP contribution in [-0.2, 0) is 22.1 Å². The fourth-order valence-corrected chi connectivity index (χ4v) is 8.82. The minimum atomic E-state index is -0.320. The first-order valence-corrected chi connectivity index (χ1v) is 21.0. The third kappa shape index (κ3) is 10.5. The number of benzene rings is 2. The zero-order chi connectivity index (χ0) is 35.9. The molecule has 4 aliphatic heterocycles. The SMILES string of the molecule is CSc1nccn1CC1(c2ccc(OCCCN3CCCC3)cc2)CCOCC1.N#CC1(c2ccc(OCCCN3CCCC3)cc2)CCNCC1. The van der Waals surface area contributed by atoms with Crippen LogP contribution in [0.25, 0.3) is 0 Å². The molecular formula is C42H60N6O3S. The highest BCUT2D eigenvalue weighted by molar-refractivity contribution is 7.98. The first-order valence-electron chi connectivity index (χ1n) is 19.8. The normalized spacial score (nSPS) is 20.2. The molecule has 0 unspecified atom stereocenters. The van der Waals surface area contributed by atoms with Crippen molar-refractivity contribution in [3.8, 4) is 17.6 Å². The minimum absolute atomic E-state index is 0.0950. The summed E-state index contributed by atoms with van der Waals surface area (Å²) in [6.45, 7) is 13.3. The Morgan fingerprint density at radius 2 is 1.33 bits per heavy atom. The minimum Gasteiger partial charge on any atom is -0.494 e. The molecule has 52 heavy (non-hydrogen) atoms. The molecule has 4 saturated heterocycles. The summed E-state index contributed by atoms with van der Waals surface area (Å²) in [4.78, 5) is 9.54. The summed E-state index contributed by atoms with van der Waals surface area (Å²) in [6, 6.07) is 19.5. The first kappa shape index (κ1) is 38.6. The molecule has 0 radical (unpaired) electrons. The number of nitrogens with zero attached hydrogens (tertiary/aromatic N) is 5. The van der Waals surface area contributed by atoms with Crippen LogP contribution in [0.3, 0.4) is 0 Å². The number of hydrogen-bond acceptors (Lipinski definition) is 9. The summed E-state index contributed by atoms with van der Waals surface area (Å²) in [5, 5.41) is 14.0. The second kappa shape index (κ2) is 19.8. The smallest absolute Gasteiger partial charge is 0.167 e. The van der Waals surface area contributed by atoms with Crippen molar-refractivity contribution in [2.24, 2.45) is 0 Å². The summed E-state index contributed by atoms with van der Waals surface area (Å²) in [6.07, 6.45) is 17.5. The van der Waals surface area contributed by atoms with E-state index >= 15 is 0 Å². The first-order chi connectivity index (χ1) is 25.6. The maximum absolute atomic E-state index is 9.63. The summed E-state index contributed by atoms with van der Waals surface area (Å²) in [5.41, 5.74) is 2.29. The van der Waals surface area contributed by atoms with Gasteiger partial charge in [-0.3, -0.25) is 0 Å². The lowest BCUT2D eigenvalue weighted by atomic mass is 9.74. The fraction of sp³-hybridized carbons (Fsp3) is 0.619. The van der Waals surface area contributed by atoms with Gasteiger partial charge < -0.3 is 33.9 Å². The maximum atomic E-state index is 9.63. The lowest BCUT2D eigenvalue weighted by molar-refractivity contribution is 0.0425. The summed E-state index contributed by atoms with van der Waals surface area (Å²) in [7, 11) is 0. The number of piperidine rings is 1. The Hall–Kier alpha value is -3.07. The number of imidazole rings is 1. The predicted octanol–water partition coefficient (Wildman–Crippen LogP) is 6.91. The summed E-state index contributed by atoms with van der Waals surface area (Å²) >= 11 is 1.70. The van der Waals surface area contributed by atoms with Gasteiger partial charge in [-0.05, 0) is 145 Å². The van der Waals surface area contributed by atoms with E-state index in [0.717, 1.165) is 120 Å². The van der Waals surface area contributed by atoms with E-state index in [0.29, 0.717) is 0 Å². The van der Waals surface area contributed by atoms with Crippen LogP contribution >= 0.6 is 11.8 Å². The Labute approximate surface area is 316 Å². The highest BCUT2D eigenvalue weighted by atomic mass is 32.2. The van der Waals surface area contributed by atoms with Gasteiger partial charge in [0.25, 0.3) is 0 Å². The molecule has 10 heteroatoms. The number of thioether (sulfide) groups is 1. The van der Waals surface area contributed by atoms with Gasteiger partial charge >= 0.3 is 0 Å². The molecule has 0 atom stereocenters. The molecule has 2 aromatic carbocycles. The zero-order valence-corrected chi connectivity index (χ0v) is 32.2. The quantitative estimate of drug-likeness (QED) is 0.133. The molecule has 1 aromatic heterocycles. The van der Waals surface area contributed by atoms with Crippen molar-refractivity contribution in [1.29, 1.82) is 5.26 Å². The molecule has 4 fully saturated rings. The van der Waals surface area contributed by atoms with E-state index in [2.05, 4.69) is 79.6 Å². The number of likely N-dealkylation sites (tertiary alicyclic amines) is 2. The highest BCUT2D eigenvalue weighted by Gasteiger charge is 2.36. The molecule has 0 saturated carbocycles. The Morgan fingerprint density at radius 3 is 1.85 bits per heavy atom. The molecule has 0 amide bonds. The molecule has 7 rings (SSSR count). The highest BCUT2D eigenvalue weighted by Crippen LogP contribution is 2.38. The van der Waals surface area contributed by atoms with Gasteiger partial charge in [-0.25, -0.2) is 4.98 Å². The van der Waals surface area contributed by atoms with Gasteiger partial charge in [0.05, 0.1) is 24.7 Å². The molecule has 0 bridgehead atoms. The van der Waals surface area contributed by atoms with Crippen molar-refractivity contribution in [3.05, 3.63) is 72.1 Å². The van der Waals surface area contributed by atoms with Crippen LogP contribution in [0.5, 0.6) is 11.5 Å². The van der Waals surface area contributed by atoms with Gasteiger partial charge in [0, 0.05) is 50.7 Å². The Kier molecular flexibility index (Phi) is 14.8. The van der Waals surface area contributed by atoms with Crippen LogP contribution in [0.2, 0.25) is 0 Å². The van der Waals surface area contributed by atoms with Gasteiger partial charge in [-0.2, -0.15) is 5.26 Å². The number of hydrogen-bond donors (Lipinski definition) is 1. The van der Waals surface area contributed by atoms with Crippen LogP contribution < -0.4 is 14.8 Å². The second-order valence-electron chi connectivity index (χ2n) is 14.9. The van der Waals surface area contributed by atoms with Crippen LogP contribution in [0.1, 0.15) is 75.3 Å². The molecular weight excluding hydrogens is 669 g/mol. The summed E-state index contributed by atoms with van der Waals surface area (Å²) < 4.78 is 19.9. The maximum Gasteiger partial charge on any atom is 0.167 e. The van der Waals surface area contributed by atoms with E-state index in [1.54, 1.807) is 11.8 Å². The lowest BCUT2D eigenvalue weighted by Gasteiger charge is -2.38. The van der Waals surface area contributed by atoms with Crippen LogP contribution in [-0.4, -0.2) is 104 Å². The van der Waals surface area contributed by atoms with Crippen LogP contribution in [0.15, 0.2) is 66.1 Å². The number of rotatable bonds is 15. The number of nitrogens with one attached hydrogen (secondary N) is 1. The average molecular weight is 729 g/mol. The topological polar surface area (TPSA) is 87.8 Å². The van der Waals surface area contributed by atoms with Crippen molar-refractivity contribution in [3.63, 3.8) is 0 Å². The van der Waals surface area contributed by atoms with Crippen molar-refractivity contribution >= 4 is 11.8 Å². The third-order valence-electron chi connectivity index (χ3n) is 11.5. The number of nitriles is 1. The van der Waals surface area contributed by atoms with E-state index in [1.807, 2.05) is 18.3 Å². The second-order valence-corrected chi connectivity index (χ2v) is 15.7. The van der Waals surface area contributed by atoms with Crippen molar-refractivity contribution in [1.82, 2.24) is 24.7 Å². The van der Waals surface area contributed by atoms with E-state index in [-0.39, 0.29) is 10.8 Å². The molecule has 1 N–H and O–H groups in total. The molecule has 282 valence electrons. The molecule has 9 nitrogen and oxygen atoms in total. The van der Waals surface area contributed by atoms with Crippen molar-refractivity contribution in [2.75, 3.05) is 85.0 Å². The number of aromatic nitrogens is 2. The van der Waals surface area contributed by atoms with E-state index in [4.69, 9.17) is 14.2 Å². The Bertz CT molecular complexity index is 1500. The number of ether oxygens (including phenoxy) is 3. The molecule has 4 aliphatic rings. The molecule has 3 aromatic rings. The largest absolute Gasteiger partial charge is 0.494 e.